The maximum absolute atomic E-state index is 12.7. The molecule has 7 heteroatoms. The lowest BCUT2D eigenvalue weighted by molar-refractivity contribution is -0.139. The van der Waals surface area contributed by atoms with Crippen molar-refractivity contribution in [2.45, 2.75) is 30.8 Å². The summed E-state index contributed by atoms with van der Waals surface area (Å²) in [5, 5.41) is 0.982. The molecule has 0 bridgehead atoms. The summed E-state index contributed by atoms with van der Waals surface area (Å²) in [6.07, 6.45) is 0. The normalized spacial score (nSPS) is 12.7. The molecule has 23 heavy (non-hydrogen) atoms. The number of H-pyrrole nitrogens is 1. The van der Waals surface area contributed by atoms with Crippen LogP contribution in [0.25, 0.3) is 21.9 Å². The van der Waals surface area contributed by atoms with Gasteiger partial charge in [-0.25, -0.2) is 4.98 Å². The molecule has 0 fully saturated rings. The number of carbonyl (C=O) groups is 1. The molecule has 120 valence electrons. The fourth-order valence-corrected chi connectivity index (χ4v) is 3.51. The van der Waals surface area contributed by atoms with Crippen LogP contribution < -0.4 is 5.56 Å². The number of methoxy groups -OCH3 is 1. The van der Waals surface area contributed by atoms with E-state index >= 15 is 0 Å². The third-order valence-electron chi connectivity index (χ3n) is 3.71. The Morgan fingerprint density at radius 2 is 2.17 bits per heavy atom. The fourth-order valence-electron chi connectivity index (χ4n) is 2.52. The van der Waals surface area contributed by atoms with E-state index in [9.17, 15) is 9.59 Å². The molecule has 2 heterocycles. The molecule has 3 aromatic rings. The lowest BCUT2D eigenvalue weighted by atomic mass is 10.2. The zero-order chi connectivity index (χ0) is 16.6. The largest absolute Gasteiger partial charge is 0.468 e. The number of esters is 1. The highest BCUT2D eigenvalue weighted by molar-refractivity contribution is 8.00. The Labute approximate surface area is 136 Å². The minimum absolute atomic E-state index is 0.131. The minimum Gasteiger partial charge on any atom is -0.468 e. The molecule has 0 aliphatic carbocycles. The van der Waals surface area contributed by atoms with Crippen molar-refractivity contribution in [3.05, 3.63) is 34.6 Å². The SMILES string of the molecule is CCn1c(S[C@@H](C)C(=O)OC)nc2c([nH]c3ccccc32)c1=O. The number of nitrogens with one attached hydrogen (secondary N) is 1. The van der Waals surface area contributed by atoms with Gasteiger partial charge in [0.1, 0.15) is 16.3 Å². The van der Waals surface area contributed by atoms with Crippen LogP contribution in [0.15, 0.2) is 34.2 Å². The Hall–Kier alpha value is -2.28. The van der Waals surface area contributed by atoms with Crippen molar-refractivity contribution < 1.29 is 9.53 Å². The maximum atomic E-state index is 12.7. The van der Waals surface area contributed by atoms with Crippen LogP contribution in [0, 0.1) is 0 Å². The third kappa shape index (κ3) is 2.61. The van der Waals surface area contributed by atoms with Gasteiger partial charge in [0.15, 0.2) is 5.16 Å². The van der Waals surface area contributed by atoms with Gasteiger partial charge in [-0.05, 0) is 19.9 Å². The molecule has 0 unspecified atom stereocenters. The second-order valence-corrected chi connectivity index (χ2v) is 6.43. The summed E-state index contributed by atoms with van der Waals surface area (Å²) in [7, 11) is 1.35. The average Bonchev–Trinajstić information content (AvgIpc) is 2.93. The van der Waals surface area contributed by atoms with Crippen molar-refractivity contribution in [2.75, 3.05) is 7.11 Å². The number of nitrogens with zero attached hydrogens (tertiary/aromatic N) is 2. The van der Waals surface area contributed by atoms with Gasteiger partial charge in [-0.3, -0.25) is 14.2 Å². The number of para-hydroxylation sites is 1. The molecular weight excluding hydrogens is 314 g/mol. The second-order valence-electron chi connectivity index (χ2n) is 5.12. The van der Waals surface area contributed by atoms with Gasteiger partial charge in [0.05, 0.1) is 7.11 Å². The van der Waals surface area contributed by atoms with E-state index in [0.29, 0.717) is 22.7 Å². The molecule has 0 amide bonds. The summed E-state index contributed by atoms with van der Waals surface area (Å²) in [5.74, 6) is -0.342. The number of ether oxygens (including phenoxy) is 1. The number of aromatic nitrogens is 3. The number of thioether (sulfide) groups is 1. The molecule has 0 radical (unpaired) electrons. The van der Waals surface area contributed by atoms with Crippen LogP contribution in [-0.2, 0) is 16.1 Å². The molecule has 0 aliphatic rings. The van der Waals surface area contributed by atoms with E-state index < -0.39 is 5.25 Å². The lowest BCUT2D eigenvalue weighted by Gasteiger charge is -2.13. The monoisotopic (exact) mass is 331 g/mol. The Balaban J connectivity index is 2.22. The lowest BCUT2D eigenvalue weighted by Crippen LogP contribution is -2.24. The van der Waals surface area contributed by atoms with Crippen molar-refractivity contribution in [1.29, 1.82) is 0 Å². The zero-order valence-corrected chi connectivity index (χ0v) is 13.9. The Morgan fingerprint density at radius 3 is 2.87 bits per heavy atom. The van der Waals surface area contributed by atoms with Gasteiger partial charge in [-0.2, -0.15) is 0 Å². The third-order valence-corrected chi connectivity index (χ3v) is 4.78. The van der Waals surface area contributed by atoms with E-state index in [0.717, 1.165) is 10.9 Å². The number of benzene rings is 1. The summed E-state index contributed by atoms with van der Waals surface area (Å²) in [4.78, 5) is 32.2. The number of hydrogen-bond acceptors (Lipinski definition) is 5. The zero-order valence-electron chi connectivity index (χ0n) is 13.1. The van der Waals surface area contributed by atoms with Crippen LogP contribution in [0.4, 0.5) is 0 Å². The van der Waals surface area contributed by atoms with Crippen molar-refractivity contribution in [3.8, 4) is 0 Å². The summed E-state index contributed by atoms with van der Waals surface area (Å²) in [6.45, 7) is 4.10. The molecule has 0 spiro atoms. The van der Waals surface area contributed by atoms with E-state index in [1.54, 1.807) is 11.5 Å². The highest BCUT2D eigenvalue weighted by Crippen LogP contribution is 2.26. The molecule has 2 aromatic heterocycles. The Morgan fingerprint density at radius 1 is 1.43 bits per heavy atom. The van der Waals surface area contributed by atoms with E-state index in [2.05, 4.69) is 9.97 Å². The maximum Gasteiger partial charge on any atom is 0.318 e. The van der Waals surface area contributed by atoms with Crippen LogP contribution in [0.5, 0.6) is 0 Å². The molecule has 0 saturated heterocycles. The summed E-state index contributed by atoms with van der Waals surface area (Å²) in [5.41, 5.74) is 1.86. The van der Waals surface area contributed by atoms with Gasteiger partial charge in [-0.1, -0.05) is 30.0 Å². The first kappa shape index (κ1) is 15.6. The van der Waals surface area contributed by atoms with E-state index in [4.69, 9.17) is 4.74 Å². The highest BCUT2D eigenvalue weighted by Gasteiger charge is 2.20. The van der Waals surface area contributed by atoms with Crippen molar-refractivity contribution in [2.24, 2.45) is 0 Å². The predicted octanol–water partition coefficient (Wildman–Crippen LogP) is 2.55. The van der Waals surface area contributed by atoms with Gasteiger partial charge in [0.2, 0.25) is 0 Å². The molecule has 1 atom stereocenters. The topological polar surface area (TPSA) is 77.0 Å². The standard InChI is InChI=1S/C16H17N3O3S/c1-4-19-14(20)13-12(10-7-5-6-8-11(10)17-13)18-16(19)23-9(2)15(21)22-3/h5-9,17H,4H2,1-3H3/t9-/m0/s1. The molecule has 0 saturated carbocycles. The second kappa shape index (κ2) is 6.08. The molecule has 0 aliphatic heterocycles. The molecule has 1 N–H and O–H groups in total. The van der Waals surface area contributed by atoms with Crippen LogP contribution >= 0.6 is 11.8 Å². The fraction of sp³-hybridized carbons (Fsp3) is 0.312. The first-order valence-electron chi connectivity index (χ1n) is 7.32. The summed E-state index contributed by atoms with van der Waals surface area (Å²) >= 11 is 1.23. The van der Waals surface area contributed by atoms with Gasteiger partial charge < -0.3 is 9.72 Å². The first-order valence-corrected chi connectivity index (χ1v) is 8.20. The van der Waals surface area contributed by atoms with E-state index in [1.807, 2.05) is 31.2 Å². The molecular formula is C16H17N3O3S. The van der Waals surface area contributed by atoms with Crippen LogP contribution in [0.2, 0.25) is 0 Å². The van der Waals surface area contributed by atoms with Crippen LogP contribution in [0.1, 0.15) is 13.8 Å². The molecule has 1 aromatic carbocycles. The number of hydrogen-bond donors (Lipinski definition) is 1. The van der Waals surface area contributed by atoms with E-state index in [1.165, 1.54) is 18.9 Å². The quantitative estimate of drug-likeness (QED) is 0.452. The van der Waals surface area contributed by atoms with Crippen molar-refractivity contribution in [3.63, 3.8) is 0 Å². The number of rotatable bonds is 4. The van der Waals surface area contributed by atoms with Crippen molar-refractivity contribution in [1.82, 2.24) is 14.5 Å². The molecule has 3 rings (SSSR count). The highest BCUT2D eigenvalue weighted by atomic mass is 32.2. The number of aromatic amines is 1. The Kier molecular flexibility index (Phi) is 4.12. The molecule has 6 nitrogen and oxygen atoms in total. The smallest absolute Gasteiger partial charge is 0.318 e. The number of carbonyl (C=O) groups excluding carboxylic acids is 1. The van der Waals surface area contributed by atoms with E-state index in [-0.39, 0.29) is 11.5 Å². The van der Waals surface area contributed by atoms with Gasteiger partial charge >= 0.3 is 5.97 Å². The summed E-state index contributed by atoms with van der Waals surface area (Å²) < 4.78 is 6.32. The number of fused-ring (bicyclic) bond motifs is 3. The summed E-state index contributed by atoms with van der Waals surface area (Å²) in [6, 6.07) is 7.66. The average molecular weight is 331 g/mol. The minimum atomic E-state index is -0.438. The van der Waals surface area contributed by atoms with Crippen molar-refractivity contribution >= 4 is 39.7 Å². The Bertz CT molecular complexity index is 945. The van der Waals surface area contributed by atoms with Gasteiger partial charge in [-0.15, -0.1) is 0 Å². The van der Waals surface area contributed by atoms with Gasteiger partial charge in [0.25, 0.3) is 5.56 Å². The predicted molar refractivity (Wildman–Crippen MR) is 90.9 cm³/mol. The van der Waals surface area contributed by atoms with Crippen LogP contribution in [0.3, 0.4) is 0 Å². The first-order chi connectivity index (χ1) is 11.1. The van der Waals surface area contributed by atoms with Gasteiger partial charge in [0, 0.05) is 17.4 Å². The van der Waals surface area contributed by atoms with Crippen LogP contribution in [-0.4, -0.2) is 32.9 Å².